The highest BCUT2D eigenvalue weighted by Gasteiger charge is 2.41. The second-order valence-corrected chi connectivity index (χ2v) is 11.2. The van der Waals surface area contributed by atoms with Gasteiger partial charge in [0, 0.05) is 35.9 Å². The summed E-state index contributed by atoms with van der Waals surface area (Å²) in [5, 5.41) is 9.15. The third-order valence-corrected chi connectivity index (χ3v) is 7.64. The number of alkyl halides is 3. The van der Waals surface area contributed by atoms with Crippen LogP contribution in [0, 0.1) is 0 Å². The SMILES string of the molecule is CC[C@@H]1CC(N(Cc2cc(Cl)cc(C(F)(F)F)c2)c2ncc(-n3cnc(C(=O)O)c3)cn2)C[C@H](CC)N1C(=O)OC(C)C. The van der Waals surface area contributed by atoms with Crippen LogP contribution in [-0.2, 0) is 17.5 Å². The Morgan fingerprint density at radius 3 is 2.23 bits per heavy atom. The van der Waals surface area contributed by atoms with Gasteiger partial charge in [0.2, 0.25) is 5.95 Å². The molecule has 0 bridgehead atoms. The van der Waals surface area contributed by atoms with Crippen molar-refractivity contribution in [1.29, 1.82) is 0 Å². The first kappa shape index (κ1) is 32.1. The first-order valence-electron chi connectivity index (χ1n) is 14.0. The molecule has 1 amide bonds. The topological polar surface area (TPSA) is 114 Å². The standard InChI is InChI=1S/C29H34ClF3N6O4/c1-5-21-10-23(11-22(6-2)39(21)28(42)43-17(3)4)38(14-18-7-19(29(31,32)33)9-20(30)8-18)27-34-12-24(13-35-27)37-15-25(26(40)41)36-16-37/h7-9,12-13,15-17,21-23H,5-6,10-11,14H2,1-4H3,(H,40,41)/t21-,22+,23?. The van der Waals surface area contributed by atoms with Gasteiger partial charge in [-0.1, -0.05) is 25.4 Å². The molecule has 0 saturated carbocycles. The number of carboxylic acid groups (broad SMARTS) is 1. The molecule has 1 aromatic carbocycles. The monoisotopic (exact) mass is 622 g/mol. The molecule has 1 N–H and O–H groups in total. The number of carbonyl (C=O) groups is 2. The van der Waals surface area contributed by atoms with E-state index in [0.717, 1.165) is 12.1 Å². The summed E-state index contributed by atoms with van der Waals surface area (Å²) < 4.78 is 47.9. The van der Waals surface area contributed by atoms with E-state index in [1.165, 1.54) is 35.6 Å². The molecule has 43 heavy (non-hydrogen) atoms. The minimum atomic E-state index is -4.58. The van der Waals surface area contributed by atoms with Crippen LogP contribution < -0.4 is 4.90 Å². The number of imidazole rings is 1. The average molecular weight is 623 g/mol. The van der Waals surface area contributed by atoms with Crippen molar-refractivity contribution in [2.24, 2.45) is 0 Å². The van der Waals surface area contributed by atoms with E-state index in [1.807, 2.05) is 18.7 Å². The Balaban J connectivity index is 1.71. The average Bonchev–Trinajstić information content (AvgIpc) is 3.45. The fraction of sp³-hybridized carbons (Fsp3) is 0.483. The van der Waals surface area contributed by atoms with E-state index < -0.39 is 17.7 Å². The first-order chi connectivity index (χ1) is 20.3. The number of hydrogen-bond acceptors (Lipinski definition) is 7. The lowest BCUT2D eigenvalue weighted by Crippen LogP contribution is -2.57. The van der Waals surface area contributed by atoms with Gasteiger partial charge >= 0.3 is 18.2 Å². The summed E-state index contributed by atoms with van der Waals surface area (Å²) in [6, 6.07) is 2.85. The normalized spacial score (nSPS) is 19.0. The van der Waals surface area contributed by atoms with Crippen molar-refractivity contribution in [3.63, 3.8) is 0 Å². The predicted molar refractivity (Wildman–Crippen MR) is 153 cm³/mol. The third-order valence-electron chi connectivity index (χ3n) is 7.42. The van der Waals surface area contributed by atoms with E-state index in [2.05, 4.69) is 15.0 Å². The Morgan fingerprint density at radius 2 is 1.72 bits per heavy atom. The maximum atomic E-state index is 13.6. The van der Waals surface area contributed by atoms with Gasteiger partial charge in [0.1, 0.15) is 6.33 Å². The number of carbonyl (C=O) groups excluding carboxylic acids is 1. The third kappa shape index (κ3) is 7.56. The van der Waals surface area contributed by atoms with Gasteiger partial charge in [-0.05, 0) is 63.3 Å². The summed E-state index contributed by atoms with van der Waals surface area (Å²) >= 11 is 6.11. The van der Waals surface area contributed by atoms with Gasteiger partial charge in [-0.25, -0.2) is 24.5 Å². The van der Waals surface area contributed by atoms with E-state index in [0.29, 0.717) is 36.9 Å². The van der Waals surface area contributed by atoms with Crippen molar-refractivity contribution in [2.75, 3.05) is 4.90 Å². The smallest absolute Gasteiger partial charge is 0.416 e. The zero-order valence-electron chi connectivity index (χ0n) is 24.3. The largest absolute Gasteiger partial charge is 0.476 e. The van der Waals surface area contributed by atoms with Crippen LogP contribution in [0.25, 0.3) is 5.69 Å². The summed E-state index contributed by atoms with van der Waals surface area (Å²) in [5.41, 5.74) is -0.221. The second kappa shape index (κ2) is 13.2. The summed E-state index contributed by atoms with van der Waals surface area (Å²) in [7, 11) is 0. The number of amides is 1. The minimum absolute atomic E-state index is 0.0329. The van der Waals surface area contributed by atoms with E-state index in [9.17, 15) is 27.9 Å². The van der Waals surface area contributed by atoms with E-state index >= 15 is 0 Å². The molecule has 1 fully saturated rings. The van der Waals surface area contributed by atoms with Crippen LogP contribution in [0.15, 0.2) is 43.1 Å². The van der Waals surface area contributed by atoms with Crippen LogP contribution in [0.4, 0.5) is 23.9 Å². The minimum Gasteiger partial charge on any atom is -0.476 e. The van der Waals surface area contributed by atoms with Crippen LogP contribution in [0.2, 0.25) is 5.02 Å². The molecule has 1 unspecified atom stereocenters. The van der Waals surface area contributed by atoms with Crippen molar-refractivity contribution < 1.29 is 32.6 Å². The van der Waals surface area contributed by atoms with Crippen LogP contribution >= 0.6 is 11.6 Å². The van der Waals surface area contributed by atoms with Crippen LogP contribution in [0.5, 0.6) is 0 Å². The van der Waals surface area contributed by atoms with E-state index in [-0.39, 0.29) is 53.5 Å². The Kier molecular flexibility index (Phi) is 9.83. The first-order valence-corrected chi connectivity index (χ1v) is 14.4. The highest BCUT2D eigenvalue weighted by molar-refractivity contribution is 6.30. The molecule has 3 aromatic rings. The molecular formula is C29H34ClF3N6O4. The number of likely N-dealkylation sites (tertiary alicyclic amines) is 1. The molecule has 3 atom stereocenters. The highest BCUT2D eigenvalue weighted by atomic mass is 35.5. The molecule has 3 heterocycles. The molecule has 232 valence electrons. The number of nitrogens with zero attached hydrogens (tertiary/aromatic N) is 6. The lowest BCUT2D eigenvalue weighted by molar-refractivity contribution is -0.137. The van der Waals surface area contributed by atoms with Crippen molar-refractivity contribution in [2.45, 2.75) is 90.3 Å². The molecule has 10 nitrogen and oxygen atoms in total. The molecule has 0 spiro atoms. The predicted octanol–water partition coefficient (Wildman–Crippen LogP) is 6.61. The lowest BCUT2D eigenvalue weighted by atomic mass is 9.87. The lowest BCUT2D eigenvalue weighted by Gasteiger charge is -2.47. The molecule has 14 heteroatoms. The van der Waals surface area contributed by atoms with Gasteiger partial charge in [0.25, 0.3) is 0 Å². The Bertz CT molecular complexity index is 1420. The number of ether oxygens (including phenoxy) is 1. The summed E-state index contributed by atoms with van der Waals surface area (Å²) in [5.74, 6) is -0.912. The van der Waals surface area contributed by atoms with Crippen molar-refractivity contribution in [3.05, 3.63) is 65.0 Å². The van der Waals surface area contributed by atoms with Crippen LogP contribution in [0.1, 0.15) is 75.0 Å². The van der Waals surface area contributed by atoms with Gasteiger partial charge in [-0.15, -0.1) is 0 Å². The van der Waals surface area contributed by atoms with Gasteiger partial charge in [-0.2, -0.15) is 13.2 Å². The van der Waals surface area contributed by atoms with E-state index in [1.54, 1.807) is 18.7 Å². The van der Waals surface area contributed by atoms with Gasteiger partial charge in [0.15, 0.2) is 5.69 Å². The van der Waals surface area contributed by atoms with Crippen molar-refractivity contribution in [3.8, 4) is 5.69 Å². The maximum absolute atomic E-state index is 13.6. The number of anilines is 1. The number of aromatic nitrogens is 4. The molecule has 0 radical (unpaired) electrons. The number of carboxylic acids is 1. The molecule has 0 aliphatic carbocycles. The van der Waals surface area contributed by atoms with E-state index in [4.69, 9.17) is 16.3 Å². The van der Waals surface area contributed by atoms with Crippen molar-refractivity contribution in [1.82, 2.24) is 24.4 Å². The van der Waals surface area contributed by atoms with Gasteiger partial charge in [0.05, 0.1) is 29.7 Å². The molecule has 4 rings (SSSR count). The van der Waals surface area contributed by atoms with Gasteiger partial charge < -0.3 is 24.2 Å². The zero-order valence-corrected chi connectivity index (χ0v) is 25.0. The summed E-state index contributed by atoms with van der Waals surface area (Å²) in [4.78, 5) is 40.8. The van der Waals surface area contributed by atoms with Crippen molar-refractivity contribution >= 4 is 29.6 Å². The Hall–Kier alpha value is -3.87. The molecule has 1 aliphatic rings. The maximum Gasteiger partial charge on any atom is 0.416 e. The Morgan fingerprint density at radius 1 is 1.09 bits per heavy atom. The number of piperidine rings is 1. The zero-order chi connectivity index (χ0) is 31.5. The number of hydrogen-bond donors (Lipinski definition) is 1. The summed E-state index contributed by atoms with van der Waals surface area (Å²) in [6.45, 7) is 7.58. The number of benzene rings is 1. The molecular weight excluding hydrogens is 589 g/mol. The highest BCUT2D eigenvalue weighted by Crippen LogP contribution is 2.35. The molecule has 1 saturated heterocycles. The quantitative estimate of drug-likeness (QED) is 0.284. The number of aromatic carboxylic acids is 1. The number of halogens is 4. The van der Waals surface area contributed by atoms with Gasteiger partial charge in [-0.3, -0.25) is 0 Å². The molecule has 1 aliphatic heterocycles. The second-order valence-electron chi connectivity index (χ2n) is 10.8. The fourth-order valence-corrected chi connectivity index (χ4v) is 5.68. The Labute approximate surface area is 252 Å². The fourth-order valence-electron chi connectivity index (χ4n) is 5.43. The van der Waals surface area contributed by atoms with Crippen LogP contribution in [-0.4, -0.2) is 65.8 Å². The van der Waals surface area contributed by atoms with Crippen LogP contribution in [0.3, 0.4) is 0 Å². The molecule has 2 aromatic heterocycles. The number of rotatable bonds is 9. The summed E-state index contributed by atoms with van der Waals surface area (Å²) in [6.07, 6.45) is 2.72.